The highest BCUT2D eigenvalue weighted by atomic mass is 32.2. The number of anilines is 1. The second-order valence-corrected chi connectivity index (χ2v) is 8.20. The summed E-state index contributed by atoms with van der Waals surface area (Å²) >= 11 is 1.60. The number of hydrogen-bond donors (Lipinski definition) is 3. The molecular weight excluding hydrogens is 358 g/mol. The number of hydrogen-bond acceptors (Lipinski definition) is 6. The van der Waals surface area contributed by atoms with Crippen LogP contribution in [0.1, 0.15) is 43.6 Å². The van der Waals surface area contributed by atoms with Crippen LogP contribution in [0.4, 0.5) is 5.69 Å². The lowest BCUT2D eigenvalue weighted by atomic mass is 9.79. The van der Waals surface area contributed by atoms with Crippen molar-refractivity contribution >= 4 is 28.5 Å². The number of nitrogens with two attached hydrogens (primary N) is 1. The van der Waals surface area contributed by atoms with Crippen molar-refractivity contribution in [1.82, 2.24) is 10.3 Å². The number of thioether (sulfide) groups is 1. The molecule has 1 aliphatic carbocycles. The summed E-state index contributed by atoms with van der Waals surface area (Å²) in [5.41, 5.74) is 7.83. The van der Waals surface area contributed by atoms with Crippen LogP contribution in [-0.2, 0) is 0 Å². The van der Waals surface area contributed by atoms with E-state index < -0.39 is 0 Å². The van der Waals surface area contributed by atoms with Crippen molar-refractivity contribution < 1.29 is 4.79 Å². The molecule has 2 aliphatic rings. The van der Waals surface area contributed by atoms with Gasteiger partial charge in [0.05, 0.1) is 17.4 Å². The maximum Gasteiger partial charge on any atom is 0.274 e. The van der Waals surface area contributed by atoms with E-state index in [2.05, 4.69) is 41.6 Å². The van der Waals surface area contributed by atoms with E-state index in [0.29, 0.717) is 10.9 Å². The van der Waals surface area contributed by atoms with Gasteiger partial charge in [0.2, 0.25) is 0 Å². The molecule has 2 atom stereocenters. The van der Waals surface area contributed by atoms with Crippen molar-refractivity contribution in [3.63, 3.8) is 0 Å². The zero-order valence-corrected chi connectivity index (χ0v) is 16.7. The summed E-state index contributed by atoms with van der Waals surface area (Å²) in [6, 6.07) is 3.62. The summed E-state index contributed by atoms with van der Waals surface area (Å²) in [6.07, 6.45) is 10.7. The fourth-order valence-electron chi connectivity index (χ4n) is 3.27. The number of nitrogens with zero attached hydrogens (tertiary/aromatic N) is 2. The molecular formula is C20H27N5OS. The molecule has 0 radical (unpaired) electrons. The van der Waals surface area contributed by atoms with Gasteiger partial charge in [-0.05, 0) is 44.4 Å². The van der Waals surface area contributed by atoms with Crippen LogP contribution in [0.3, 0.4) is 0 Å². The Morgan fingerprint density at radius 2 is 2.30 bits per heavy atom. The second-order valence-electron chi connectivity index (χ2n) is 7.09. The Bertz CT molecular complexity index is 771. The molecule has 1 aromatic rings. The van der Waals surface area contributed by atoms with E-state index in [0.717, 1.165) is 42.9 Å². The summed E-state index contributed by atoms with van der Waals surface area (Å²) in [6.45, 7) is 5.13. The van der Waals surface area contributed by atoms with Crippen molar-refractivity contribution in [2.45, 2.75) is 38.6 Å². The van der Waals surface area contributed by atoms with E-state index in [4.69, 9.17) is 10.7 Å². The molecule has 1 aromatic heterocycles. The van der Waals surface area contributed by atoms with Gasteiger partial charge in [-0.2, -0.15) is 0 Å². The number of rotatable bonds is 6. The molecule has 0 saturated heterocycles. The Balaban J connectivity index is 1.67. The molecule has 0 spiro atoms. The van der Waals surface area contributed by atoms with Gasteiger partial charge in [-0.25, -0.2) is 4.98 Å². The minimum atomic E-state index is -0.221. The molecule has 0 bridgehead atoms. The fourth-order valence-corrected chi connectivity index (χ4v) is 4.26. The summed E-state index contributed by atoms with van der Waals surface area (Å²) in [5, 5.41) is 6.86. The second kappa shape index (κ2) is 8.61. The molecule has 0 aromatic carbocycles. The SMILES string of the molecule is CCCNc1ccc(C(=O)NC2=CC(C3(C)CCSC(N)=N3)CC=C2)nc1. The maximum absolute atomic E-state index is 12.5. The van der Waals surface area contributed by atoms with E-state index >= 15 is 0 Å². The first-order valence-electron chi connectivity index (χ1n) is 9.38. The normalized spacial score (nSPS) is 24.7. The monoisotopic (exact) mass is 385 g/mol. The Kier molecular flexibility index (Phi) is 6.21. The van der Waals surface area contributed by atoms with Gasteiger partial charge in [0.1, 0.15) is 5.69 Å². The van der Waals surface area contributed by atoms with Gasteiger partial charge in [-0.15, -0.1) is 0 Å². The van der Waals surface area contributed by atoms with Crippen molar-refractivity contribution in [2.24, 2.45) is 16.6 Å². The average molecular weight is 386 g/mol. The molecule has 2 unspecified atom stereocenters. The van der Waals surface area contributed by atoms with Gasteiger partial charge in [0.15, 0.2) is 5.17 Å². The predicted octanol–water partition coefficient (Wildman–Crippen LogP) is 3.30. The van der Waals surface area contributed by atoms with Crippen LogP contribution in [-0.4, -0.2) is 33.9 Å². The van der Waals surface area contributed by atoms with Crippen molar-refractivity contribution in [3.05, 3.63) is 47.9 Å². The van der Waals surface area contributed by atoms with Crippen LogP contribution in [0.15, 0.2) is 47.2 Å². The molecule has 1 amide bonds. The zero-order valence-electron chi connectivity index (χ0n) is 15.9. The number of carbonyl (C=O) groups is 1. The van der Waals surface area contributed by atoms with Gasteiger partial charge in [0.25, 0.3) is 5.91 Å². The highest BCUT2D eigenvalue weighted by Gasteiger charge is 2.35. The summed E-state index contributed by atoms with van der Waals surface area (Å²) in [4.78, 5) is 21.5. The average Bonchev–Trinajstić information content (AvgIpc) is 2.67. The lowest BCUT2D eigenvalue weighted by Crippen LogP contribution is -2.38. The lowest BCUT2D eigenvalue weighted by Gasteiger charge is -2.36. The Labute approximate surface area is 164 Å². The minimum absolute atomic E-state index is 0.207. The van der Waals surface area contributed by atoms with Gasteiger partial charge < -0.3 is 16.4 Å². The summed E-state index contributed by atoms with van der Waals surface area (Å²) in [5.74, 6) is 0.982. The lowest BCUT2D eigenvalue weighted by molar-refractivity contribution is 0.0961. The van der Waals surface area contributed by atoms with Gasteiger partial charge in [-0.1, -0.05) is 30.8 Å². The number of nitrogens with one attached hydrogen (secondary N) is 2. The standard InChI is InChI=1S/C20H27N5OS/c1-3-10-22-16-7-8-17(23-13-16)18(26)24-15-6-4-5-14(12-15)20(2)9-11-27-19(21)25-20/h4,6-8,12-14,22H,3,5,9-11H2,1-2H3,(H2,21,25)(H,24,26). The van der Waals surface area contributed by atoms with Crippen LogP contribution in [0, 0.1) is 5.92 Å². The van der Waals surface area contributed by atoms with Crippen LogP contribution < -0.4 is 16.4 Å². The first-order chi connectivity index (χ1) is 13.0. The minimum Gasteiger partial charge on any atom is -0.384 e. The predicted molar refractivity (Wildman–Crippen MR) is 113 cm³/mol. The Morgan fingerprint density at radius 3 is 3.00 bits per heavy atom. The van der Waals surface area contributed by atoms with E-state index in [1.54, 1.807) is 24.0 Å². The number of aromatic nitrogens is 1. The molecule has 1 aliphatic heterocycles. The van der Waals surface area contributed by atoms with E-state index in [1.807, 2.05) is 12.1 Å². The maximum atomic E-state index is 12.5. The topological polar surface area (TPSA) is 92.4 Å². The molecule has 2 heterocycles. The Morgan fingerprint density at radius 1 is 1.44 bits per heavy atom. The number of amidine groups is 1. The third-order valence-electron chi connectivity index (χ3n) is 4.92. The third-order valence-corrected chi connectivity index (χ3v) is 5.72. The van der Waals surface area contributed by atoms with E-state index in [9.17, 15) is 4.79 Å². The van der Waals surface area contributed by atoms with Crippen LogP contribution in [0.2, 0.25) is 0 Å². The first-order valence-corrected chi connectivity index (χ1v) is 10.4. The van der Waals surface area contributed by atoms with Gasteiger partial charge >= 0.3 is 0 Å². The first kappa shape index (κ1) is 19.5. The van der Waals surface area contributed by atoms with Crippen LogP contribution in [0.5, 0.6) is 0 Å². The van der Waals surface area contributed by atoms with Crippen molar-refractivity contribution in [3.8, 4) is 0 Å². The molecule has 7 heteroatoms. The fraction of sp³-hybridized carbons (Fsp3) is 0.450. The number of allylic oxidation sites excluding steroid dienone is 2. The van der Waals surface area contributed by atoms with Crippen LogP contribution >= 0.6 is 11.8 Å². The highest BCUT2D eigenvalue weighted by molar-refractivity contribution is 8.13. The zero-order chi connectivity index (χ0) is 19.3. The molecule has 27 heavy (non-hydrogen) atoms. The Hall–Kier alpha value is -2.28. The van der Waals surface area contributed by atoms with Crippen molar-refractivity contribution in [2.75, 3.05) is 17.6 Å². The molecule has 0 fully saturated rings. The molecule has 3 rings (SSSR count). The largest absolute Gasteiger partial charge is 0.384 e. The summed E-state index contributed by atoms with van der Waals surface area (Å²) < 4.78 is 0. The van der Waals surface area contributed by atoms with E-state index in [-0.39, 0.29) is 17.4 Å². The smallest absolute Gasteiger partial charge is 0.274 e. The number of aliphatic imine (C=N–C) groups is 1. The molecule has 144 valence electrons. The molecule has 4 N–H and O–H groups in total. The molecule has 6 nitrogen and oxygen atoms in total. The molecule has 0 saturated carbocycles. The van der Waals surface area contributed by atoms with E-state index in [1.165, 1.54) is 0 Å². The van der Waals surface area contributed by atoms with Crippen molar-refractivity contribution in [1.29, 1.82) is 0 Å². The van der Waals surface area contributed by atoms with Crippen LogP contribution in [0.25, 0.3) is 0 Å². The summed E-state index contributed by atoms with van der Waals surface area (Å²) in [7, 11) is 0. The number of amides is 1. The van der Waals surface area contributed by atoms with Gasteiger partial charge in [-0.3, -0.25) is 9.79 Å². The van der Waals surface area contributed by atoms with Gasteiger partial charge in [0, 0.05) is 23.9 Å². The number of pyridine rings is 1. The highest BCUT2D eigenvalue weighted by Crippen LogP contribution is 2.37. The quantitative estimate of drug-likeness (QED) is 0.699. The number of carbonyl (C=O) groups excluding carboxylic acids is 1. The third kappa shape index (κ3) is 4.91.